The van der Waals surface area contributed by atoms with Crippen molar-refractivity contribution in [2.45, 2.75) is 32.4 Å². The molecule has 0 saturated carbocycles. The van der Waals surface area contributed by atoms with Gasteiger partial charge in [-0.25, -0.2) is 4.79 Å². The summed E-state index contributed by atoms with van der Waals surface area (Å²) in [6.07, 6.45) is -1.12. The number of carboxylic acid groups (broad SMARTS) is 1. The Bertz CT molecular complexity index is 219. The van der Waals surface area contributed by atoms with E-state index in [0.717, 1.165) is 0 Å². The van der Waals surface area contributed by atoms with Crippen LogP contribution in [0.3, 0.4) is 0 Å². The van der Waals surface area contributed by atoms with Gasteiger partial charge in [0, 0.05) is 0 Å². The largest absolute Gasteiger partial charge is 0.465 e. The minimum atomic E-state index is -1.12. The lowest BCUT2D eigenvalue weighted by atomic mass is 10.1. The zero-order valence-electron chi connectivity index (χ0n) is 7.38. The molecule has 0 spiro atoms. The molecule has 0 aliphatic carbocycles. The van der Waals surface area contributed by atoms with Crippen LogP contribution in [0.15, 0.2) is 0 Å². The van der Waals surface area contributed by atoms with E-state index in [1.807, 2.05) is 0 Å². The van der Waals surface area contributed by atoms with E-state index in [1.165, 1.54) is 13.8 Å². The second-order valence-corrected chi connectivity index (χ2v) is 3.00. The van der Waals surface area contributed by atoms with Crippen LogP contribution in [0.4, 0.5) is 4.79 Å². The molecule has 0 bridgehead atoms. The van der Waals surface area contributed by atoms with Gasteiger partial charge in [-0.2, -0.15) is 0 Å². The Hall–Kier alpha value is -1.21. The minimum absolute atomic E-state index is 0.464. The number of carbonyl (C=O) groups is 1. The number of rotatable bonds is 1. The van der Waals surface area contributed by atoms with Gasteiger partial charge in [0.2, 0.25) is 0 Å². The molecular weight excluding hydrogens is 158 g/mol. The Morgan fingerprint density at radius 1 is 1.58 bits per heavy atom. The summed E-state index contributed by atoms with van der Waals surface area (Å²) >= 11 is 0. The highest BCUT2D eigenvalue weighted by Gasteiger charge is 2.07. The Balaban J connectivity index is 4.04. The van der Waals surface area contributed by atoms with Gasteiger partial charge in [0.05, 0.1) is 6.04 Å². The summed E-state index contributed by atoms with van der Waals surface area (Å²) in [4.78, 5) is 10.1. The van der Waals surface area contributed by atoms with Gasteiger partial charge in [0.25, 0.3) is 0 Å². The predicted octanol–water partition coefficient (Wildman–Crippen LogP) is 0.417. The maximum Gasteiger partial charge on any atom is 0.405 e. The molecular formula is C8H13NO3. The molecule has 68 valence electrons. The van der Waals surface area contributed by atoms with Crippen LogP contribution < -0.4 is 5.32 Å². The summed E-state index contributed by atoms with van der Waals surface area (Å²) in [6.45, 7) is 4.67. The van der Waals surface area contributed by atoms with E-state index < -0.39 is 17.7 Å². The van der Waals surface area contributed by atoms with Crippen molar-refractivity contribution in [3.8, 4) is 11.8 Å². The smallest absolute Gasteiger partial charge is 0.405 e. The first-order valence-electron chi connectivity index (χ1n) is 3.56. The zero-order chi connectivity index (χ0) is 9.78. The van der Waals surface area contributed by atoms with E-state index in [2.05, 4.69) is 17.2 Å². The number of nitrogens with one attached hydrogen (secondary N) is 1. The molecule has 0 fully saturated rings. The Labute approximate surface area is 71.6 Å². The molecule has 0 aliphatic heterocycles. The van der Waals surface area contributed by atoms with Crippen molar-refractivity contribution in [1.29, 1.82) is 0 Å². The van der Waals surface area contributed by atoms with Gasteiger partial charge in [-0.15, -0.1) is 0 Å². The molecule has 3 N–H and O–H groups in total. The van der Waals surface area contributed by atoms with Gasteiger partial charge in [-0.3, -0.25) is 0 Å². The highest BCUT2D eigenvalue weighted by molar-refractivity contribution is 5.65. The zero-order valence-corrected chi connectivity index (χ0v) is 7.38. The molecule has 0 aromatic carbocycles. The summed E-state index contributed by atoms with van der Waals surface area (Å²) in [6, 6.07) is -0.464. The van der Waals surface area contributed by atoms with E-state index in [0.29, 0.717) is 0 Å². The van der Waals surface area contributed by atoms with E-state index in [4.69, 9.17) is 10.2 Å². The average Bonchev–Trinajstić information content (AvgIpc) is 1.80. The van der Waals surface area contributed by atoms with Gasteiger partial charge in [-0.05, 0) is 20.8 Å². The van der Waals surface area contributed by atoms with Crippen molar-refractivity contribution < 1.29 is 15.0 Å². The van der Waals surface area contributed by atoms with Crippen molar-refractivity contribution >= 4 is 6.09 Å². The van der Waals surface area contributed by atoms with Gasteiger partial charge in [-0.1, -0.05) is 11.8 Å². The van der Waals surface area contributed by atoms with Crippen molar-refractivity contribution in [2.75, 3.05) is 0 Å². The Morgan fingerprint density at radius 2 is 2.08 bits per heavy atom. The fourth-order valence-electron chi connectivity index (χ4n) is 0.506. The summed E-state index contributed by atoms with van der Waals surface area (Å²) in [5.41, 5.74) is -1.07. The molecule has 0 unspecified atom stereocenters. The third-order valence-electron chi connectivity index (χ3n) is 0.935. The predicted molar refractivity (Wildman–Crippen MR) is 44.7 cm³/mol. The summed E-state index contributed by atoms with van der Waals surface area (Å²) < 4.78 is 0. The van der Waals surface area contributed by atoms with Crippen LogP contribution in [-0.2, 0) is 0 Å². The molecule has 0 heterocycles. The average molecular weight is 171 g/mol. The standard InChI is InChI=1S/C8H13NO3/c1-6(9-7(10)11)4-5-8(2,3)12/h6,9,12H,1-3H3,(H,10,11)/t6-/m0/s1. The molecule has 0 saturated heterocycles. The second kappa shape index (κ2) is 3.98. The van der Waals surface area contributed by atoms with Gasteiger partial charge in [0.1, 0.15) is 5.60 Å². The monoisotopic (exact) mass is 171 g/mol. The number of hydrogen-bond donors (Lipinski definition) is 3. The lowest BCUT2D eigenvalue weighted by Crippen LogP contribution is -2.30. The van der Waals surface area contributed by atoms with Crippen LogP contribution in [-0.4, -0.2) is 27.9 Å². The van der Waals surface area contributed by atoms with E-state index in [1.54, 1.807) is 6.92 Å². The van der Waals surface area contributed by atoms with Crippen LogP contribution in [0, 0.1) is 11.8 Å². The van der Waals surface area contributed by atoms with Crippen molar-refractivity contribution in [2.24, 2.45) is 0 Å². The molecule has 0 aliphatic rings. The Kier molecular flexibility index (Phi) is 3.58. The van der Waals surface area contributed by atoms with Crippen LogP contribution in [0.25, 0.3) is 0 Å². The molecule has 0 aromatic rings. The highest BCUT2D eigenvalue weighted by Crippen LogP contribution is 1.96. The minimum Gasteiger partial charge on any atom is -0.465 e. The van der Waals surface area contributed by atoms with E-state index >= 15 is 0 Å². The fourth-order valence-corrected chi connectivity index (χ4v) is 0.506. The molecule has 0 rings (SSSR count). The van der Waals surface area contributed by atoms with Gasteiger partial charge in [0.15, 0.2) is 0 Å². The summed E-state index contributed by atoms with van der Waals surface area (Å²) in [5, 5.41) is 19.6. The first kappa shape index (κ1) is 10.8. The molecule has 0 radical (unpaired) electrons. The molecule has 1 amide bonds. The maximum atomic E-state index is 10.1. The first-order valence-corrected chi connectivity index (χ1v) is 3.56. The number of amides is 1. The third kappa shape index (κ3) is 6.90. The molecule has 4 nitrogen and oxygen atoms in total. The fraction of sp³-hybridized carbons (Fsp3) is 0.625. The molecule has 1 atom stereocenters. The van der Waals surface area contributed by atoms with Crippen molar-refractivity contribution in [3.63, 3.8) is 0 Å². The highest BCUT2D eigenvalue weighted by atomic mass is 16.4. The van der Waals surface area contributed by atoms with E-state index in [-0.39, 0.29) is 0 Å². The van der Waals surface area contributed by atoms with E-state index in [9.17, 15) is 4.79 Å². The first-order chi connectivity index (χ1) is 5.31. The molecule has 12 heavy (non-hydrogen) atoms. The van der Waals surface area contributed by atoms with Crippen LogP contribution in [0.1, 0.15) is 20.8 Å². The lowest BCUT2D eigenvalue weighted by molar-refractivity contribution is 0.143. The van der Waals surface area contributed by atoms with Gasteiger partial charge < -0.3 is 15.5 Å². The quantitative estimate of drug-likeness (QED) is 0.501. The Morgan fingerprint density at radius 3 is 2.42 bits per heavy atom. The van der Waals surface area contributed by atoms with Crippen molar-refractivity contribution in [3.05, 3.63) is 0 Å². The molecule has 0 aromatic heterocycles. The summed E-state index contributed by atoms with van der Waals surface area (Å²) in [5.74, 6) is 5.07. The summed E-state index contributed by atoms with van der Waals surface area (Å²) in [7, 11) is 0. The SMILES string of the molecule is C[C@@H](C#CC(C)(C)O)NC(=O)O. The van der Waals surface area contributed by atoms with Gasteiger partial charge >= 0.3 is 6.09 Å². The maximum absolute atomic E-state index is 10.1. The second-order valence-electron chi connectivity index (χ2n) is 3.00. The third-order valence-corrected chi connectivity index (χ3v) is 0.935. The topological polar surface area (TPSA) is 69.6 Å². The normalized spacial score (nSPS) is 12.7. The van der Waals surface area contributed by atoms with Crippen LogP contribution in [0.2, 0.25) is 0 Å². The molecule has 4 heteroatoms. The number of aliphatic hydroxyl groups is 1. The van der Waals surface area contributed by atoms with Crippen LogP contribution in [0.5, 0.6) is 0 Å². The number of hydrogen-bond acceptors (Lipinski definition) is 2. The van der Waals surface area contributed by atoms with Crippen molar-refractivity contribution in [1.82, 2.24) is 5.32 Å². The van der Waals surface area contributed by atoms with Crippen LogP contribution >= 0.6 is 0 Å². The lowest BCUT2D eigenvalue weighted by Gasteiger charge is -2.08.